The maximum Gasteiger partial charge on any atom is 0.341 e. The quantitative estimate of drug-likeness (QED) is 0.307. The minimum atomic E-state index is -0.841. The number of nitriles is 1. The highest BCUT2D eigenvalue weighted by molar-refractivity contribution is 6.17. The second kappa shape index (κ2) is 10.4. The van der Waals surface area contributed by atoms with E-state index in [1.165, 1.54) is 32.9 Å². The Morgan fingerprint density at radius 3 is 2.45 bits per heavy atom. The van der Waals surface area contributed by atoms with Gasteiger partial charge in [0.15, 0.2) is 0 Å². The summed E-state index contributed by atoms with van der Waals surface area (Å²) in [4.78, 5) is 20.3. The Morgan fingerprint density at radius 2 is 1.74 bits per heavy atom. The molecule has 0 amide bonds. The number of hydrogen-bond donors (Lipinski definition) is 0. The summed E-state index contributed by atoms with van der Waals surface area (Å²) in [6, 6.07) is 19.5. The first-order valence-electron chi connectivity index (χ1n) is 9.18. The second-order valence-corrected chi connectivity index (χ2v) is 6.09. The molecule has 3 rings (SSSR count). The molecule has 156 valence electrons. The van der Waals surface area contributed by atoms with E-state index in [2.05, 4.69) is 16.0 Å². The third-order valence-electron chi connectivity index (χ3n) is 4.11. The van der Waals surface area contributed by atoms with Crippen molar-refractivity contribution in [3.05, 3.63) is 84.4 Å². The summed E-state index contributed by atoms with van der Waals surface area (Å²) in [6.07, 6.45) is 1.70. The van der Waals surface area contributed by atoms with E-state index in [0.29, 0.717) is 16.9 Å². The van der Waals surface area contributed by atoms with Gasteiger partial charge in [0.2, 0.25) is 17.9 Å². The van der Waals surface area contributed by atoms with Crippen LogP contribution < -0.4 is 9.47 Å². The molecule has 0 bridgehead atoms. The molecule has 0 N–H and O–H groups in total. The largest absolute Gasteiger partial charge is 0.503 e. The van der Waals surface area contributed by atoms with Crippen LogP contribution in [0, 0.1) is 11.3 Å². The number of carbonyl (C=O) groups is 1. The van der Waals surface area contributed by atoms with Crippen molar-refractivity contribution >= 4 is 11.5 Å². The van der Waals surface area contributed by atoms with Crippen LogP contribution in [-0.4, -0.2) is 30.2 Å². The standard InChI is InChI=1S/C23H19N3O5/c1-28-14-18(23(27)29-2)17-10-6-7-11-19(17)30-21-12-22(26-15-25-21)31-20(13-24)16-8-4-3-5-9-16/h3-12,14-15,20H,1-2H3/b18-14+. The topological polar surface area (TPSA) is 104 Å². The molecule has 0 fully saturated rings. The summed E-state index contributed by atoms with van der Waals surface area (Å²) in [6.45, 7) is 0. The number of para-hydroxylation sites is 1. The molecule has 1 atom stereocenters. The van der Waals surface area contributed by atoms with Crippen LogP contribution in [0.15, 0.2) is 73.3 Å². The van der Waals surface area contributed by atoms with Gasteiger partial charge in [-0.15, -0.1) is 0 Å². The highest BCUT2D eigenvalue weighted by Crippen LogP contribution is 2.31. The first kappa shape index (κ1) is 21.3. The minimum Gasteiger partial charge on any atom is -0.503 e. The van der Waals surface area contributed by atoms with Crippen molar-refractivity contribution in [1.29, 1.82) is 5.26 Å². The molecule has 1 unspecified atom stereocenters. The first-order valence-corrected chi connectivity index (χ1v) is 9.18. The van der Waals surface area contributed by atoms with Gasteiger partial charge >= 0.3 is 5.97 Å². The monoisotopic (exact) mass is 417 g/mol. The van der Waals surface area contributed by atoms with Crippen molar-refractivity contribution in [1.82, 2.24) is 9.97 Å². The van der Waals surface area contributed by atoms with Gasteiger partial charge < -0.3 is 18.9 Å². The third kappa shape index (κ3) is 5.36. The van der Waals surface area contributed by atoms with E-state index in [1.54, 1.807) is 36.4 Å². The van der Waals surface area contributed by atoms with Gasteiger partial charge in [-0.05, 0) is 6.07 Å². The zero-order valence-corrected chi connectivity index (χ0v) is 16.9. The van der Waals surface area contributed by atoms with E-state index in [-0.39, 0.29) is 17.3 Å². The zero-order valence-electron chi connectivity index (χ0n) is 16.9. The molecule has 0 radical (unpaired) electrons. The lowest BCUT2D eigenvalue weighted by Crippen LogP contribution is -2.07. The number of ether oxygens (including phenoxy) is 4. The Balaban J connectivity index is 1.86. The fourth-order valence-corrected chi connectivity index (χ4v) is 2.70. The van der Waals surface area contributed by atoms with Gasteiger partial charge in [-0.2, -0.15) is 5.26 Å². The molecule has 0 saturated heterocycles. The SMILES string of the molecule is CO/C=C(/C(=O)OC)c1ccccc1Oc1cc(OC(C#N)c2ccccc2)ncn1. The van der Waals surface area contributed by atoms with E-state index in [1.807, 2.05) is 18.2 Å². The maximum absolute atomic E-state index is 12.1. The fraction of sp³-hybridized carbons (Fsp3) is 0.130. The summed E-state index contributed by atoms with van der Waals surface area (Å²) in [5, 5.41) is 9.46. The van der Waals surface area contributed by atoms with E-state index in [4.69, 9.17) is 18.9 Å². The van der Waals surface area contributed by atoms with Crippen LogP contribution in [0.2, 0.25) is 0 Å². The molecular formula is C23H19N3O5. The van der Waals surface area contributed by atoms with Crippen molar-refractivity contribution in [3.8, 4) is 23.6 Å². The van der Waals surface area contributed by atoms with E-state index in [0.717, 1.165) is 0 Å². The summed E-state index contributed by atoms with van der Waals surface area (Å²) in [5.74, 6) is 0.104. The number of carbonyl (C=O) groups excluding carboxylic acids is 1. The molecule has 0 aliphatic carbocycles. The molecule has 0 spiro atoms. The van der Waals surface area contributed by atoms with Gasteiger partial charge in [0, 0.05) is 11.1 Å². The Kier molecular flexibility index (Phi) is 7.16. The van der Waals surface area contributed by atoms with Crippen LogP contribution >= 0.6 is 0 Å². The summed E-state index contributed by atoms with van der Waals surface area (Å²) < 4.78 is 21.4. The molecule has 3 aromatic rings. The van der Waals surface area contributed by atoms with Crippen LogP contribution in [-0.2, 0) is 14.3 Å². The maximum atomic E-state index is 12.1. The van der Waals surface area contributed by atoms with Crippen molar-refractivity contribution in [3.63, 3.8) is 0 Å². The average Bonchev–Trinajstić information content (AvgIpc) is 2.82. The normalized spacial score (nSPS) is 11.7. The lowest BCUT2D eigenvalue weighted by molar-refractivity contribution is -0.133. The molecule has 0 aliphatic rings. The van der Waals surface area contributed by atoms with Gasteiger partial charge in [0.1, 0.15) is 23.7 Å². The molecule has 1 heterocycles. The van der Waals surface area contributed by atoms with E-state index >= 15 is 0 Å². The van der Waals surface area contributed by atoms with Crippen molar-refractivity contribution in [2.45, 2.75) is 6.10 Å². The van der Waals surface area contributed by atoms with Crippen LogP contribution in [0.25, 0.3) is 5.57 Å². The predicted molar refractivity (Wildman–Crippen MR) is 111 cm³/mol. The van der Waals surface area contributed by atoms with Crippen molar-refractivity contribution in [2.75, 3.05) is 14.2 Å². The molecule has 31 heavy (non-hydrogen) atoms. The van der Waals surface area contributed by atoms with Gasteiger partial charge in [-0.25, -0.2) is 14.8 Å². The van der Waals surface area contributed by atoms with Gasteiger partial charge in [0.25, 0.3) is 0 Å². The lowest BCUT2D eigenvalue weighted by atomic mass is 10.1. The van der Waals surface area contributed by atoms with E-state index in [9.17, 15) is 10.1 Å². The van der Waals surface area contributed by atoms with Crippen LogP contribution in [0.4, 0.5) is 0 Å². The highest BCUT2D eigenvalue weighted by Gasteiger charge is 2.19. The summed E-state index contributed by atoms with van der Waals surface area (Å²) in [5.41, 5.74) is 1.33. The fourth-order valence-electron chi connectivity index (χ4n) is 2.70. The van der Waals surface area contributed by atoms with Crippen LogP contribution in [0.5, 0.6) is 17.5 Å². The highest BCUT2D eigenvalue weighted by atomic mass is 16.5. The van der Waals surface area contributed by atoms with Crippen molar-refractivity contribution < 1.29 is 23.7 Å². The Labute approximate surface area is 179 Å². The third-order valence-corrected chi connectivity index (χ3v) is 4.11. The number of esters is 1. The summed E-state index contributed by atoms with van der Waals surface area (Å²) in [7, 11) is 2.71. The number of hydrogen-bond acceptors (Lipinski definition) is 8. The van der Waals surface area contributed by atoms with E-state index < -0.39 is 12.1 Å². The summed E-state index contributed by atoms with van der Waals surface area (Å²) >= 11 is 0. The molecule has 0 aliphatic heterocycles. The van der Waals surface area contributed by atoms with Crippen molar-refractivity contribution in [2.24, 2.45) is 0 Å². The zero-order chi connectivity index (χ0) is 22.1. The molecule has 8 heteroatoms. The molecule has 2 aromatic carbocycles. The minimum absolute atomic E-state index is 0.165. The number of methoxy groups -OCH3 is 2. The number of aromatic nitrogens is 2. The number of nitrogens with zero attached hydrogens (tertiary/aromatic N) is 3. The molecule has 1 aromatic heterocycles. The molecule has 8 nitrogen and oxygen atoms in total. The first-order chi connectivity index (χ1) is 15.2. The van der Waals surface area contributed by atoms with Gasteiger partial charge in [0.05, 0.1) is 26.5 Å². The van der Waals surface area contributed by atoms with Gasteiger partial charge in [-0.3, -0.25) is 0 Å². The van der Waals surface area contributed by atoms with Crippen LogP contribution in [0.1, 0.15) is 17.2 Å². The number of rotatable bonds is 8. The molecule has 0 saturated carbocycles. The second-order valence-electron chi connectivity index (χ2n) is 6.09. The Bertz CT molecular complexity index is 1110. The Morgan fingerprint density at radius 1 is 1.03 bits per heavy atom. The average molecular weight is 417 g/mol. The number of benzene rings is 2. The van der Waals surface area contributed by atoms with Gasteiger partial charge in [-0.1, -0.05) is 48.5 Å². The smallest absolute Gasteiger partial charge is 0.341 e. The Hall–Kier alpha value is -4.38. The predicted octanol–water partition coefficient (Wildman–Crippen LogP) is 4.07. The lowest BCUT2D eigenvalue weighted by Gasteiger charge is -2.14. The molecular weight excluding hydrogens is 398 g/mol. The van der Waals surface area contributed by atoms with Crippen LogP contribution in [0.3, 0.4) is 0 Å².